The van der Waals surface area contributed by atoms with Gasteiger partial charge in [0.2, 0.25) is 10.0 Å². The van der Waals surface area contributed by atoms with Crippen LogP contribution < -0.4 is 19.8 Å². The van der Waals surface area contributed by atoms with Gasteiger partial charge in [0.15, 0.2) is 11.6 Å². The number of pyridine rings is 1. The topological polar surface area (TPSA) is 115 Å². The average Bonchev–Trinajstić information content (AvgIpc) is 2.90. The maximum absolute atomic E-state index is 14.8. The number of nitrogens with zero attached hydrogens (tertiary/aromatic N) is 3. The number of piperidine rings is 2. The minimum atomic E-state index is -3.78. The van der Waals surface area contributed by atoms with Crippen molar-refractivity contribution < 1.29 is 31.5 Å². The monoisotopic (exact) mass is 581 g/mol. The zero-order chi connectivity index (χ0) is 28.5. The maximum Gasteiger partial charge on any atom is 0.258 e. The van der Waals surface area contributed by atoms with E-state index in [2.05, 4.69) is 15.0 Å². The number of amides is 1. The average molecular weight is 582 g/mol. The summed E-state index contributed by atoms with van der Waals surface area (Å²) in [5.74, 6) is -5.01. The smallest absolute Gasteiger partial charge is 0.258 e. The Morgan fingerprint density at radius 3 is 2.60 bits per heavy atom. The van der Waals surface area contributed by atoms with Gasteiger partial charge in [-0.25, -0.2) is 26.6 Å². The summed E-state index contributed by atoms with van der Waals surface area (Å²) in [6, 6.07) is 7.07. The summed E-state index contributed by atoms with van der Waals surface area (Å²) < 4.78 is 71.4. The fourth-order valence-corrected chi connectivity index (χ4v) is 6.72. The van der Waals surface area contributed by atoms with E-state index in [4.69, 9.17) is 5.11 Å². The highest BCUT2D eigenvalue weighted by Gasteiger charge is 2.44. The highest BCUT2D eigenvalue weighted by molar-refractivity contribution is 7.92. The van der Waals surface area contributed by atoms with Crippen LogP contribution in [0.5, 0.6) is 0 Å². The first-order chi connectivity index (χ1) is 19.0. The van der Waals surface area contributed by atoms with Gasteiger partial charge < -0.3 is 20.2 Å². The summed E-state index contributed by atoms with van der Waals surface area (Å²) in [7, 11) is -3.78. The molecule has 6 rings (SSSR count). The van der Waals surface area contributed by atoms with E-state index in [1.165, 1.54) is 24.3 Å². The normalized spacial score (nSPS) is 23.2. The third kappa shape index (κ3) is 6.30. The Hall–Kier alpha value is -3.06. The first-order valence-corrected chi connectivity index (χ1v) is 15.3. The van der Waals surface area contributed by atoms with Crippen molar-refractivity contribution in [1.29, 1.82) is 0 Å². The van der Waals surface area contributed by atoms with E-state index >= 15 is 0 Å². The maximum atomic E-state index is 14.8. The minimum Gasteiger partial charge on any atom is -0.395 e. The Morgan fingerprint density at radius 1 is 1.07 bits per heavy atom. The van der Waals surface area contributed by atoms with Crippen LogP contribution in [0.2, 0.25) is 0 Å². The number of carbonyl (C=O) groups excluding carboxylic acids is 1. The van der Waals surface area contributed by atoms with E-state index in [0.717, 1.165) is 19.3 Å². The Bertz CT molecular complexity index is 1350. The molecule has 218 valence electrons. The Labute approximate surface area is 231 Å². The number of aliphatic hydroxyl groups is 1. The summed E-state index contributed by atoms with van der Waals surface area (Å²) in [5.41, 5.74) is 1.08. The second-order valence-corrected chi connectivity index (χ2v) is 12.7. The molecule has 1 aromatic heterocycles. The third-order valence-corrected chi connectivity index (χ3v) is 9.38. The standard InChI is InChI=1S/C27H34F3N5O4S/c28-22-6-7-24-31-25(22)35-13-10-27(29,30)19(17-35)3-1-2-18-8-11-34(12-9-18)23-16-20(33-40(38,39)15-14-36)4-5-21(23)26(37)32-24/h4-7,16,18-19,33,36H,1-3,8-15,17H2,(H,31,32,37). The molecule has 0 spiro atoms. The molecule has 40 heavy (non-hydrogen) atoms. The van der Waals surface area contributed by atoms with Crippen LogP contribution in [0.15, 0.2) is 30.3 Å². The molecule has 9 nitrogen and oxygen atoms in total. The molecule has 1 atom stereocenters. The highest BCUT2D eigenvalue weighted by atomic mass is 32.2. The van der Waals surface area contributed by atoms with Gasteiger partial charge >= 0.3 is 0 Å². The number of hydrogen-bond donors (Lipinski definition) is 3. The summed E-state index contributed by atoms with van der Waals surface area (Å²) >= 11 is 0. The SMILES string of the molecule is O=C1Nc2ccc(F)c(n2)N2CCC(F)(F)C(CCCC3CCN(CC3)c3cc(NS(=O)(=O)CCO)ccc31)C2. The number of sulfonamides is 1. The van der Waals surface area contributed by atoms with Gasteiger partial charge in [0.25, 0.3) is 11.8 Å². The van der Waals surface area contributed by atoms with Crippen LogP contribution in [0.25, 0.3) is 0 Å². The molecule has 6 bridgehead atoms. The molecule has 0 radical (unpaired) electrons. The van der Waals surface area contributed by atoms with Crippen LogP contribution >= 0.6 is 0 Å². The molecular weight excluding hydrogens is 547 g/mol. The van der Waals surface area contributed by atoms with Crippen molar-refractivity contribution in [2.45, 2.75) is 44.4 Å². The molecule has 0 saturated carbocycles. The predicted octanol–water partition coefficient (Wildman–Crippen LogP) is 4.07. The van der Waals surface area contributed by atoms with Gasteiger partial charge in [-0.15, -0.1) is 0 Å². The van der Waals surface area contributed by atoms with Gasteiger partial charge in [-0.3, -0.25) is 9.52 Å². The van der Waals surface area contributed by atoms with E-state index in [1.54, 1.807) is 11.0 Å². The van der Waals surface area contributed by atoms with Crippen molar-refractivity contribution in [3.05, 3.63) is 41.7 Å². The van der Waals surface area contributed by atoms with Crippen molar-refractivity contribution >= 4 is 38.9 Å². The number of alkyl halides is 2. The van der Waals surface area contributed by atoms with E-state index in [-0.39, 0.29) is 36.8 Å². The number of carbonyl (C=O) groups is 1. The molecule has 2 saturated heterocycles. The molecule has 1 unspecified atom stereocenters. The van der Waals surface area contributed by atoms with E-state index in [0.29, 0.717) is 43.1 Å². The zero-order valence-electron chi connectivity index (χ0n) is 22.1. The predicted molar refractivity (Wildman–Crippen MR) is 147 cm³/mol. The van der Waals surface area contributed by atoms with Crippen molar-refractivity contribution in [1.82, 2.24) is 4.98 Å². The number of hydrogen-bond acceptors (Lipinski definition) is 7. The number of rotatable bonds is 4. The molecule has 2 aromatic rings. The van der Waals surface area contributed by atoms with Gasteiger partial charge in [0.05, 0.1) is 29.3 Å². The van der Waals surface area contributed by atoms with Crippen LogP contribution in [0, 0.1) is 17.7 Å². The molecule has 5 heterocycles. The van der Waals surface area contributed by atoms with Gasteiger partial charge in [-0.05, 0) is 55.5 Å². The number of benzene rings is 1. The molecule has 4 aliphatic rings. The van der Waals surface area contributed by atoms with Crippen molar-refractivity contribution in [2.24, 2.45) is 11.8 Å². The number of fused-ring (bicyclic) bond motifs is 5. The fourth-order valence-electron chi connectivity index (χ4n) is 5.90. The van der Waals surface area contributed by atoms with E-state index in [9.17, 15) is 26.4 Å². The lowest BCUT2D eigenvalue weighted by molar-refractivity contribution is -0.0758. The third-order valence-electron chi connectivity index (χ3n) is 8.12. The lowest BCUT2D eigenvalue weighted by Gasteiger charge is -2.39. The summed E-state index contributed by atoms with van der Waals surface area (Å²) in [4.78, 5) is 21.3. The fraction of sp³-hybridized carbons (Fsp3) is 0.556. The number of anilines is 4. The summed E-state index contributed by atoms with van der Waals surface area (Å²) in [5, 5.41) is 11.8. The molecule has 13 heteroatoms. The molecular formula is C27H34F3N5O4S. The number of halogens is 3. The molecule has 1 amide bonds. The van der Waals surface area contributed by atoms with Gasteiger partial charge in [-0.1, -0.05) is 12.8 Å². The van der Waals surface area contributed by atoms with Gasteiger partial charge in [-0.2, -0.15) is 0 Å². The zero-order valence-corrected chi connectivity index (χ0v) is 22.9. The minimum absolute atomic E-state index is 0.00936. The van der Waals surface area contributed by atoms with E-state index < -0.39 is 45.9 Å². The Balaban J connectivity index is 1.50. The molecule has 3 N–H and O–H groups in total. The molecule has 0 aliphatic carbocycles. The van der Waals surface area contributed by atoms with Crippen LogP contribution in [0.3, 0.4) is 0 Å². The van der Waals surface area contributed by atoms with Crippen molar-refractivity contribution in [3.8, 4) is 0 Å². The molecule has 4 aliphatic heterocycles. The van der Waals surface area contributed by atoms with Crippen LogP contribution in [-0.4, -0.2) is 68.9 Å². The Kier molecular flexibility index (Phi) is 8.14. The lowest BCUT2D eigenvalue weighted by atomic mass is 9.85. The summed E-state index contributed by atoms with van der Waals surface area (Å²) in [6.07, 6.45) is 3.01. The highest BCUT2D eigenvalue weighted by Crippen LogP contribution is 2.39. The Morgan fingerprint density at radius 2 is 1.85 bits per heavy atom. The van der Waals surface area contributed by atoms with Crippen molar-refractivity contribution in [3.63, 3.8) is 0 Å². The largest absolute Gasteiger partial charge is 0.395 e. The number of aromatic nitrogens is 1. The number of nitrogens with one attached hydrogen (secondary N) is 2. The first kappa shape index (κ1) is 28.5. The second-order valence-electron chi connectivity index (χ2n) is 10.8. The second kappa shape index (κ2) is 11.4. The quantitative estimate of drug-likeness (QED) is 0.499. The van der Waals surface area contributed by atoms with Crippen LogP contribution in [0.4, 0.5) is 36.2 Å². The van der Waals surface area contributed by atoms with E-state index in [1.807, 2.05) is 4.90 Å². The van der Waals surface area contributed by atoms with Gasteiger partial charge in [0, 0.05) is 38.5 Å². The first-order valence-electron chi connectivity index (χ1n) is 13.7. The van der Waals surface area contributed by atoms with Gasteiger partial charge in [0.1, 0.15) is 5.82 Å². The molecule has 2 fully saturated rings. The number of aliphatic hydroxyl groups excluding tert-OH is 1. The van der Waals surface area contributed by atoms with Crippen LogP contribution in [-0.2, 0) is 10.0 Å². The van der Waals surface area contributed by atoms with Crippen LogP contribution in [0.1, 0.15) is 48.9 Å². The molecule has 1 aromatic carbocycles. The summed E-state index contributed by atoms with van der Waals surface area (Å²) in [6.45, 7) is 0.650. The lowest BCUT2D eigenvalue weighted by Crippen LogP contribution is -2.47. The van der Waals surface area contributed by atoms with Crippen molar-refractivity contribution in [2.75, 3.05) is 58.4 Å².